The summed E-state index contributed by atoms with van der Waals surface area (Å²) in [5, 5.41) is 2.63. The van der Waals surface area contributed by atoms with Crippen LogP contribution in [0.4, 0.5) is 10.1 Å². The maximum Gasteiger partial charge on any atom is 0.251 e. The maximum absolute atomic E-state index is 12.8. The lowest BCUT2D eigenvalue weighted by molar-refractivity contribution is 0.0957. The third-order valence-corrected chi connectivity index (χ3v) is 1.81. The van der Waals surface area contributed by atoms with Gasteiger partial charge >= 0.3 is 0 Å². The number of carbonyl (C=O) groups excluding carboxylic acids is 1. The maximum atomic E-state index is 12.8. The summed E-state index contributed by atoms with van der Waals surface area (Å²) in [6, 6.07) is 3.87. The van der Waals surface area contributed by atoms with Gasteiger partial charge in [-0.25, -0.2) is 4.39 Å². The second-order valence-electron chi connectivity index (χ2n) is 3.38. The summed E-state index contributed by atoms with van der Waals surface area (Å²) in [4.78, 5) is 11.5. The van der Waals surface area contributed by atoms with Crippen LogP contribution in [0.2, 0.25) is 0 Å². The highest BCUT2D eigenvalue weighted by molar-refractivity contribution is 5.95. The molecule has 0 bridgehead atoms. The number of nitrogens with two attached hydrogens (primary N) is 1. The van der Waals surface area contributed by atoms with E-state index in [0.717, 1.165) is 5.57 Å². The summed E-state index contributed by atoms with van der Waals surface area (Å²) in [5.74, 6) is -0.809. The molecule has 3 nitrogen and oxygen atoms in total. The van der Waals surface area contributed by atoms with E-state index in [1.54, 1.807) is 6.92 Å². The van der Waals surface area contributed by atoms with Crippen molar-refractivity contribution >= 4 is 11.6 Å². The van der Waals surface area contributed by atoms with Crippen molar-refractivity contribution in [1.29, 1.82) is 0 Å². The van der Waals surface area contributed by atoms with E-state index < -0.39 is 5.82 Å². The molecule has 0 aliphatic heterocycles. The molecule has 0 unspecified atom stereocenters. The minimum atomic E-state index is -0.522. The molecular weight excluding hydrogens is 195 g/mol. The van der Waals surface area contributed by atoms with Crippen molar-refractivity contribution in [2.75, 3.05) is 12.3 Å². The van der Waals surface area contributed by atoms with E-state index in [9.17, 15) is 9.18 Å². The first-order chi connectivity index (χ1) is 7.00. The highest BCUT2D eigenvalue weighted by atomic mass is 19.1. The third-order valence-electron chi connectivity index (χ3n) is 1.81. The molecule has 80 valence electrons. The van der Waals surface area contributed by atoms with Gasteiger partial charge in [0.2, 0.25) is 0 Å². The molecule has 0 aromatic heterocycles. The summed E-state index contributed by atoms with van der Waals surface area (Å²) in [6.45, 7) is 5.86. The molecule has 1 aromatic carbocycles. The Morgan fingerprint density at radius 3 is 2.80 bits per heavy atom. The summed E-state index contributed by atoms with van der Waals surface area (Å²) < 4.78 is 12.8. The quantitative estimate of drug-likeness (QED) is 0.587. The van der Waals surface area contributed by atoms with E-state index in [4.69, 9.17) is 5.73 Å². The fraction of sp³-hybridized carbons (Fsp3) is 0.182. The van der Waals surface area contributed by atoms with Gasteiger partial charge in [0.25, 0.3) is 5.91 Å². The predicted molar refractivity (Wildman–Crippen MR) is 58.0 cm³/mol. The Labute approximate surface area is 87.8 Å². The molecule has 0 aliphatic carbocycles. The van der Waals surface area contributed by atoms with Crippen LogP contribution in [-0.2, 0) is 0 Å². The average molecular weight is 208 g/mol. The number of rotatable bonds is 3. The zero-order valence-corrected chi connectivity index (χ0v) is 8.51. The minimum absolute atomic E-state index is 0.0297. The van der Waals surface area contributed by atoms with Crippen molar-refractivity contribution in [2.24, 2.45) is 0 Å². The Bertz CT molecular complexity index is 402. The lowest BCUT2D eigenvalue weighted by Gasteiger charge is -2.05. The predicted octanol–water partition coefficient (Wildman–Crippen LogP) is 1.71. The first kappa shape index (κ1) is 11.2. The Kier molecular flexibility index (Phi) is 3.44. The van der Waals surface area contributed by atoms with Gasteiger partial charge in [-0.05, 0) is 25.1 Å². The Morgan fingerprint density at radius 1 is 1.60 bits per heavy atom. The molecule has 0 atom stereocenters. The minimum Gasteiger partial charge on any atom is -0.396 e. The summed E-state index contributed by atoms with van der Waals surface area (Å²) in [6.07, 6.45) is 0. The number of halogens is 1. The lowest BCUT2D eigenvalue weighted by Crippen LogP contribution is -2.24. The smallest absolute Gasteiger partial charge is 0.251 e. The van der Waals surface area contributed by atoms with Gasteiger partial charge in [-0.2, -0.15) is 0 Å². The largest absolute Gasteiger partial charge is 0.396 e. The van der Waals surface area contributed by atoms with E-state index >= 15 is 0 Å². The molecule has 0 saturated carbocycles. The van der Waals surface area contributed by atoms with Gasteiger partial charge in [0.1, 0.15) is 5.82 Å². The first-order valence-electron chi connectivity index (χ1n) is 4.48. The van der Waals surface area contributed by atoms with Crippen molar-refractivity contribution < 1.29 is 9.18 Å². The van der Waals surface area contributed by atoms with Gasteiger partial charge in [0.15, 0.2) is 0 Å². The van der Waals surface area contributed by atoms with Gasteiger partial charge in [-0.3, -0.25) is 4.79 Å². The molecule has 0 fully saturated rings. The molecule has 3 N–H and O–H groups in total. The second-order valence-corrected chi connectivity index (χ2v) is 3.38. The van der Waals surface area contributed by atoms with Gasteiger partial charge in [-0.1, -0.05) is 12.2 Å². The van der Waals surface area contributed by atoms with Crippen molar-refractivity contribution in [1.82, 2.24) is 5.32 Å². The van der Waals surface area contributed by atoms with Crippen LogP contribution in [0.25, 0.3) is 0 Å². The van der Waals surface area contributed by atoms with Gasteiger partial charge in [0.05, 0.1) is 5.69 Å². The van der Waals surface area contributed by atoms with Crippen LogP contribution in [0.1, 0.15) is 17.3 Å². The van der Waals surface area contributed by atoms with Crippen LogP contribution in [0.15, 0.2) is 30.4 Å². The van der Waals surface area contributed by atoms with Crippen LogP contribution in [0.5, 0.6) is 0 Å². The molecule has 15 heavy (non-hydrogen) atoms. The number of amides is 1. The lowest BCUT2D eigenvalue weighted by atomic mass is 10.2. The van der Waals surface area contributed by atoms with Crippen LogP contribution in [0.3, 0.4) is 0 Å². The van der Waals surface area contributed by atoms with Crippen molar-refractivity contribution in [3.63, 3.8) is 0 Å². The van der Waals surface area contributed by atoms with Gasteiger partial charge in [0, 0.05) is 12.1 Å². The first-order valence-corrected chi connectivity index (χ1v) is 4.48. The number of nitrogen functional groups attached to an aromatic ring is 1. The molecule has 1 aromatic rings. The summed E-state index contributed by atoms with van der Waals surface area (Å²) in [7, 11) is 0. The topological polar surface area (TPSA) is 55.1 Å². The van der Waals surface area contributed by atoms with E-state index in [-0.39, 0.29) is 11.6 Å². The fourth-order valence-corrected chi connectivity index (χ4v) is 1.02. The number of anilines is 1. The van der Waals surface area contributed by atoms with Crippen LogP contribution in [-0.4, -0.2) is 12.5 Å². The van der Waals surface area contributed by atoms with Crippen LogP contribution >= 0.6 is 0 Å². The van der Waals surface area contributed by atoms with E-state index in [0.29, 0.717) is 12.1 Å². The monoisotopic (exact) mass is 208 g/mol. The van der Waals surface area contributed by atoms with E-state index in [1.807, 2.05) is 0 Å². The van der Waals surface area contributed by atoms with Gasteiger partial charge < -0.3 is 11.1 Å². The van der Waals surface area contributed by atoms with Gasteiger partial charge in [-0.15, -0.1) is 0 Å². The van der Waals surface area contributed by atoms with Crippen LogP contribution in [0, 0.1) is 5.82 Å². The second kappa shape index (κ2) is 4.59. The highest BCUT2D eigenvalue weighted by Crippen LogP contribution is 2.11. The number of carbonyl (C=O) groups is 1. The number of hydrogen-bond acceptors (Lipinski definition) is 2. The normalized spacial score (nSPS) is 9.73. The SMILES string of the molecule is C=C(C)CNC(=O)c1ccc(F)c(N)c1. The standard InChI is InChI=1S/C11H13FN2O/c1-7(2)6-14-11(15)8-3-4-9(12)10(13)5-8/h3-5H,1,6,13H2,2H3,(H,14,15). The molecule has 0 aliphatic rings. The van der Waals surface area contributed by atoms with E-state index in [2.05, 4.69) is 11.9 Å². The molecule has 0 radical (unpaired) electrons. The summed E-state index contributed by atoms with van der Waals surface area (Å²) in [5.41, 5.74) is 6.50. The highest BCUT2D eigenvalue weighted by Gasteiger charge is 2.07. The third kappa shape index (κ3) is 3.09. The molecule has 1 rings (SSSR count). The fourth-order valence-electron chi connectivity index (χ4n) is 1.02. The van der Waals surface area contributed by atoms with Crippen molar-refractivity contribution in [3.8, 4) is 0 Å². The van der Waals surface area contributed by atoms with Crippen molar-refractivity contribution in [2.45, 2.75) is 6.92 Å². The molecule has 1 amide bonds. The Balaban J connectivity index is 2.74. The molecular formula is C11H13FN2O. The Morgan fingerprint density at radius 2 is 2.27 bits per heavy atom. The molecule has 0 saturated heterocycles. The number of nitrogens with one attached hydrogen (secondary N) is 1. The number of hydrogen-bond donors (Lipinski definition) is 2. The zero-order valence-electron chi connectivity index (χ0n) is 8.51. The molecule has 0 spiro atoms. The summed E-state index contributed by atoms with van der Waals surface area (Å²) >= 11 is 0. The van der Waals surface area contributed by atoms with Crippen LogP contribution < -0.4 is 11.1 Å². The number of benzene rings is 1. The zero-order chi connectivity index (χ0) is 11.4. The van der Waals surface area contributed by atoms with Crippen molar-refractivity contribution in [3.05, 3.63) is 41.7 Å². The van der Waals surface area contributed by atoms with E-state index in [1.165, 1.54) is 18.2 Å². The molecule has 4 heteroatoms. The molecule has 0 heterocycles. The average Bonchev–Trinajstić information content (AvgIpc) is 2.18. The Hall–Kier alpha value is -1.84.